The van der Waals surface area contributed by atoms with Crippen molar-refractivity contribution in [2.24, 2.45) is 5.41 Å². The Balaban J connectivity index is 1.61. The number of rotatable bonds is 3. The van der Waals surface area contributed by atoms with Crippen molar-refractivity contribution in [3.8, 4) is 6.07 Å². The number of nitrogens with zero attached hydrogens (tertiary/aromatic N) is 3. The number of amides is 3. The largest absolute Gasteiger partial charge is 0.375 e. The number of nitrogens with one attached hydrogen (secondary N) is 1. The van der Waals surface area contributed by atoms with Crippen LogP contribution in [0.25, 0.3) is 0 Å². The quantitative estimate of drug-likeness (QED) is 0.898. The van der Waals surface area contributed by atoms with Crippen LogP contribution in [0.3, 0.4) is 0 Å². The Labute approximate surface area is 153 Å². The molecule has 2 heterocycles. The molecule has 2 saturated heterocycles. The van der Waals surface area contributed by atoms with Crippen LogP contribution in [0.4, 0.5) is 10.5 Å². The number of likely N-dealkylation sites (tertiary alicyclic amines) is 2. The minimum Gasteiger partial charge on any atom is -0.375 e. The number of hydrogen-bond acceptors (Lipinski definition) is 4. The highest BCUT2D eigenvalue weighted by molar-refractivity contribution is 5.89. The van der Waals surface area contributed by atoms with Crippen LogP contribution in [0.1, 0.15) is 24.8 Å². The molecule has 0 aromatic heterocycles. The topological polar surface area (TPSA) is 85.7 Å². The third-order valence-electron chi connectivity index (χ3n) is 5.25. The van der Waals surface area contributed by atoms with Crippen molar-refractivity contribution in [2.75, 3.05) is 45.2 Å². The van der Waals surface area contributed by atoms with Crippen LogP contribution < -0.4 is 5.32 Å². The zero-order valence-electron chi connectivity index (χ0n) is 15.0. The minimum absolute atomic E-state index is 0.0165. The molecular weight excluding hydrogens is 332 g/mol. The Morgan fingerprint density at radius 2 is 2.08 bits per heavy atom. The van der Waals surface area contributed by atoms with E-state index >= 15 is 0 Å². The van der Waals surface area contributed by atoms with Crippen LogP contribution in [0, 0.1) is 16.7 Å². The summed E-state index contributed by atoms with van der Waals surface area (Å²) in [4.78, 5) is 28.4. The van der Waals surface area contributed by atoms with Crippen molar-refractivity contribution in [1.29, 1.82) is 5.26 Å². The molecule has 0 aliphatic carbocycles. The molecule has 3 amide bonds. The van der Waals surface area contributed by atoms with Gasteiger partial charge in [0.05, 0.1) is 11.6 Å². The van der Waals surface area contributed by atoms with E-state index in [0.29, 0.717) is 30.9 Å². The van der Waals surface area contributed by atoms with Crippen molar-refractivity contribution in [3.05, 3.63) is 29.8 Å². The highest BCUT2D eigenvalue weighted by atomic mass is 16.5. The summed E-state index contributed by atoms with van der Waals surface area (Å²) in [6.07, 6.45) is 2.88. The van der Waals surface area contributed by atoms with Gasteiger partial charge in [0.25, 0.3) is 0 Å². The van der Waals surface area contributed by atoms with Crippen LogP contribution in [-0.4, -0.2) is 61.6 Å². The number of ether oxygens (including phenoxy) is 1. The van der Waals surface area contributed by atoms with Gasteiger partial charge in [0.2, 0.25) is 5.91 Å². The van der Waals surface area contributed by atoms with Gasteiger partial charge in [0.15, 0.2) is 0 Å². The zero-order chi connectivity index (χ0) is 18.6. The summed E-state index contributed by atoms with van der Waals surface area (Å²) >= 11 is 0. The fourth-order valence-corrected chi connectivity index (χ4v) is 3.95. The first kappa shape index (κ1) is 18.2. The van der Waals surface area contributed by atoms with Crippen molar-refractivity contribution in [2.45, 2.75) is 19.3 Å². The number of hydrogen-bond donors (Lipinski definition) is 1. The predicted molar refractivity (Wildman–Crippen MR) is 96.5 cm³/mol. The number of urea groups is 1. The maximum atomic E-state index is 12.6. The molecular formula is C19H24N4O3. The van der Waals surface area contributed by atoms with Crippen molar-refractivity contribution < 1.29 is 14.3 Å². The Morgan fingerprint density at radius 3 is 2.85 bits per heavy atom. The van der Waals surface area contributed by atoms with Crippen LogP contribution >= 0.6 is 0 Å². The second-order valence-electron chi connectivity index (χ2n) is 7.15. The van der Waals surface area contributed by atoms with E-state index in [1.54, 1.807) is 24.3 Å². The Hall–Kier alpha value is -2.59. The van der Waals surface area contributed by atoms with Gasteiger partial charge in [-0.25, -0.2) is 4.79 Å². The van der Waals surface area contributed by atoms with Crippen LogP contribution in [0.5, 0.6) is 0 Å². The first-order valence-electron chi connectivity index (χ1n) is 8.88. The van der Waals surface area contributed by atoms with Gasteiger partial charge in [-0.15, -0.1) is 0 Å². The van der Waals surface area contributed by atoms with E-state index in [9.17, 15) is 9.59 Å². The number of piperidine rings is 1. The van der Waals surface area contributed by atoms with Gasteiger partial charge in [-0.05, 0) is 37.5 Å². The highest BCUT2D eigenvalue weighted by Gasteiger charge is 2.43. The Bertz CT molecular complexity index is 730. The third-order valence-corrected chi connectivity index (χ3v) is 5.25. The second-order valence-corrected chi connectivity index (χ2v) is 7.15. The van der Waals surface area contributed by atoms with Crippen LogP contribution in [0.15, 0.2) is 24.3 Å². The monoisotopic (exact) mass is 356 g/mol. The molecule has 26 heavy (non-hydrogen) atoms. The zero-order valence-corrected chi connectivity index (χ0v) is 15.0. The maximum Gasteiger partial charge on any atom is 0.321 e. The lowest BCUT2D eigenvalue weighted by Gasteiger charge is -2.40. The fourth-order valence-electron chi connectivity index (χ4n) is 3.95. The first-order valence-corrected chi connectivity index (χ1v) is 8.88. The molecule has 2 aliphatic rings. The Morgan fingerprint density at radius 1 is 1.27 bits per heavy atom. The molecule has 1 N–H and O–H groups in total. The standard InChI is InChI=1S/C19H24N4O3/c1-26-12-17(24)22-8-3-6-19(13-22)7-9-23(14-19)18(25)21-16-5-2-4-15(10-16)11-20/h2,4-5,10H,3,6-9,12-14H2,1H3,(H,21,25)/t19-/m1/s1. The molecule has 0 saturated carbocycles. The molecule has 0 unspecified atom stereocenters. The normalized spacial score (nSPS) is 22.3. The lowest BCUT2D eigenvalue weighted by atomic mass is 9.79. The van der Waals surface area contributed by atoms with E-state index in [4.69, 9.17) is 10.00 Å². The highest BCUT2D eigenvalue weighted by Crippen LogP contribution is 2.39. The van der Waals surface area contributed by atoms with E-state index in [1.807, 2.05) is 9.80 Å². The second kappa shape index (κ2) is 7.75. The molecule has 0 radical (unpaired) electrons. The molecule has 1 atom stereocenters. The molecule has 1 spiro atoms. The maximum absolute atomic E-state index is 12.6. The van der Waals surface area contributed by atoms with E-state index in [2.05, 4.69) is 11.4 Å². The summed E-state index contributed by atoms with van der Waals surface area (Å²) in [5.74, 6) is 0.0165. The number of carbonyl (C=O) groups is 2. The number of nitriles is 1. The molecule has 1 aromatic rings. The van der Waals surface area contributed by atoms with E-state index in [1.165, 1.54) is 7.11 Å². The summed E-state index contributed by atoms with van der Waals surface area (Å²) in [6.45, 7) is 2.87. The Kier molecular flexibility index (Phi) is 5.43. The first-order chi connectivity index (χ1) is 12.5. The van der Waals surface area contributed by atoms with E-state index in [-0.39, 0.29) is 24.0 Å². The third kappa shape index (κ3) is 3.97. The van der Waals surface area contributed by atoms with Gasteiger partial charge in [0, 0.05) is 44.4 Å². The SMILES string of the molecule is COCC(=O)N1CCC[C@@]2(CCN(C(=O)Nc3cccc(C#N)c3)C2)C1. The number of methoxy groups -OCH3 is 1. The van der Waals surface area contributed by atoms with Crippen LogP contribution in [0.2, 0.25) is 0 Å². The number of anilines is 1. The van der Waals surface area contributed by atoms with Gasteiger partial charge in [-0.2, -0.15) is 5.26 Å². The number of benzene rings is 1. The van der Waals surface area contributed by atoms with Gasteiger partial charge in [-0.1, -0.05) is 6.07 Å². The predicted octanol–water partition coefficient (Wildman–Crippen LogP) is 2.05. The van der Waals surface area contributed by atoms with Crippen molar-refractivity contribution >= 4 is 17.6 Å². The van der Waals surface area contributed by atoms with Gasteiger partial charge in [-0.3, -0.25) is 4.79 Å². The summed E-state index contributed by atoms with van der Waals surface area (Å²) in [5.41, 5.74) is 1.11. The van der Waals surface area contributed by atoms with E-state index in [0.717, 1.165) is 25.8 Å². The summed E-state index contributed by atoms with van der Waals surface area (Å²) < 4.78 is 4.96. The van der Waals surface area contributed by atoms with Crippen LogP contribution in [-0.2, 0) is 9.53 Å². The molecule has 7 nitrogen and oxygen atoms in total. The lowest BCUT2D eigenvalue weighted by Crippen LogP contribution is -2.48. The average Bonchev–Trinajstić information content (AvgIpc) is 3.05. The lowest BCUT2D eigenvalue weighted by molar-refractivity contribution is -0.138. The van der Waals surface area contributed by atoms with Crippen molar-refractivity contribution in [1.82, 2.24) is 9.80 Å². The molecule has 3 rings (SSSR count). The summed E-state index contributed by atoms with van der Waals surface area (Å²) in [6, 6.07) is 8.80. The molecule has 7 heteroatoms. The molecule has 138 valence electrons. The van der Waals surface area contributed by atoms with Gasteiger partial charge >= 0.3 is 6.03 Å². The van der Waals surface area contributed by atoms with Crippen molar-refractivity contribution in [3.63, 3.8) is 0 Å². The van der Waals surface area contributed by atoms with Gasteiger partial charge < -0.3 is 19.9 Å². The molecule has 0 bridgehead atoms. The number of carbonyl (C=O) groups excluding carboxylic acids is 2. The summed E-state index contributed by atoms with van der Waals surface area (Å²) in [7, 11) is 1.53. The average molecular weight is 356 g/mol. The van der Waals surface area contributed by atoms with Gasteiger partial charge in [0.1, 0.15) is 6.61 Å². The smallest absolute Gasteiger partial charge is 0.321 e. The molecule has 2 aliphatic heterocycles. The fraction of sp³-hybridized carbons (Fsp3) is 0.526. The molecule has 2 fully saturated rings. The molecule has 1 aromatic carbocycles. The van der Waals surface area contributed by atoms with E-state index < -0.39 is 0 Å². The summed E-state index contributed by atoms with van der Waals surface area (Å²) in [5, 5.41) is 11.8. The minimum atomic E-state index is -0.155.